The average molecular weight is 303 g/mol. The van der Waals surface area contributed by atoms with Crippen molar-refractivity contribution < 1.29 is 9.18 Å². The van der Waals surface area contributed by atoms with Gasteiger partial charge in [0.15, 0.2) is 0 Å². The first kappa shape index (κ1) is 14.6. The van der Waals surface area contributed by atoms with Crippen LogP contribution in [0.2, 0.25) is 0 Å². The summed E-state index contributed by atoms with van der Waals surface area (Å²) in [5.74, 6) is -0.746. The van der Waals surface area contributed by atoms with E-state index in [1.807, 2.05) is 0 Å². The smallest absolute Gasteiger partial charge is 0.239 e. The minimum absolute atomic E-state index is 0.157. The highest BCUT2D eigenvalue weighted by Gasteiger charge is 2.35. The monoisotopic (exact) mass is 303 g/mol. The molecule has 22 heavy (non-hydrogen) atoms. The molecule has 3 rings (SSSR count). The van der Waals surface area contributed by atoms with Gasteiger partial charge in [0.25, 0.3) is 0 Å². The molecule has 0 aliphatic carbocycles. The van der Waals surface area contributed by atoms with Gasteiger partial charge in [-0.25, -0.2) is 9.37 Å². The lowest BCUT2D eigenvalue weighted by molar-refractivity contribution is -0.124. The molecule has 7 heteroatoms. The minimum Gasteiger partial charge on any atom is -0.368 e. The number of amides is 1. The number of rotatable bonds is 5. The van der Waals surface area contributed by atoms with Crippen molar-refractivity contribution in [1.29, 1.82) is 0 Å². The second-order valence-electron chi connectivity index (χ2n) is 5.51. The van der Waals surface area contributed by atoms with Gasteiger partial charge in [-0.3, -0.25) is 14.4 Å². The van der Waals surface area contributed by atoms with Crippen molar-refractivity contribution in [3.8, 4) is 0 Å². The molecule has 2 atom stereocenters. The van der Waals surface area contributed by atoms with Crippen LogP contribution in [0.15, 0.2) is 36.9 Å². The maximum Gasteiger partial charge on any atom is 0.239 e. The molecular formula is C15H18FN5O. The van der Waals surface area contributed by atoms with Gasteiger partial charge in [-0.05, 0) is 37.1 Å². The van der Waals surface area contributed by atoms with E-state index < -0.39 is 11.9 Å². The predicted octanol–water partition coefficient (Wildman–Crippen LogP) is 1.11. The Balaban J connectivity index is 1.83. The van der Waals surface area contributed by atoms with Crippen LogP contribution in [0.5, 0.6) is 0 Å². The number of aromatic nitrogens is 3. The Morgan fingerprint density at radius 3 is 2.82 bits per heavy atom. The fourth-order valence-electron chi connectivity index (χ4n) is 3.10. The van der Waals surface area contributed by atoms with Crippen LogP contribution in [0, 0.1) is 5.82 Å². The second-order valence-corrected chi connectivity index (χ2v) is 5.51. The first-order valence-electron chi connectivity index (χ1n) is 7.28. The molecule has 1 aromatic heterocycles. The summed E-state index contributed by atoms with van der Waals surface area (Å²) in [5, 5.41) is 4.12. The highest BCUT2D eigenvalue weighted by molar-refractivity contribution is 5.81. The summed E-state index contributed by atoms with van der Waals surface area (Å²) in [7, 11) is 0. The van der Waals surface area contributed by atoms with Crippen LogP contribution in [0.1, 0.15) is 24.4 Å². The zero-order valence-electron chi connectivity index (χ0n) is 12.1. The Morgan fingerprint density at radius 1 is 1.41 bits per heavy atom. The molecule has 116 valence electrons. The number of carbonyl (C=O) groups is 1. The normalized spacial score (nSPS) is 20.1. The zero-order chi connectivity index (χ0) is 15.5. The number of hydrogen-bond acceptors (Lipinski definition) is 4. The third kappa shape index (κ3) is 2.99. The number of hydrogen-bond donors (Lipinski definition) is 1. The fraction of sp³-hybridized carbons (Fsp3) is 0.400. The number of primary amides is 1. The third-order valence-electron chi connectivity index (χ3n) is 4.07. The third-order valence-corrected chi connectivity index (χ3v) is 4.07. The van der Waals surface area contributed by atoms with Gasteiger partial charge in [0, 0.05) is 6.04 Å². The van der Waals surface area contributed by atoms with Gasteiger partial charge >= 0.3 is 0 Å². The lowest BCUT2D eigenvalue weighted by Gasteiger charge is -2.31. The number of nitrogens with two attached hydrogens (primary N) is 1. The molecule has 2 N–H and O–H groups in total. The van der Waals surface area contributed by atoms with Gasteiger partial charge in [0.2, 0.25) is 5.91 Å². The van der Waals surface area contributed by atoms with Crippen LogP contribution in [-0.2, 0) is 11.3 Å². The Labute approximate surface area is 127 Å². The van der Waals surface area contributed by atoms with E-state index in [0.717, 1.165) is 24.9 Å². The van der Waals surface area contributed by atoms with Crippen LogP contribution in [0.3, 0.4) is 0 Å². The Morgan fingerprint density at radius 2 is 2.18 bits per heavy atom. The summed E-state index contributed by atoms with van der Waals surface area (Å²) in [5.41, 5.74) is 6.33. The van der Waals surface area contributed by atoms with Crippen molar-refractivity contribution >= 4 is 5.91 Å². The van der Waals surface area contributed by atoms with E-state index in [1.165, 1.54) is 18.5 Å². The SMILES string of the molecule is NC(=O)[C@H](c1ccc(F)cc1)N1CCC[C@@H]1Cn1cncn1. The first-order chi connectivity index (χ1) is 10.6. The van der Waals surface area contributed by atoms with Crippen LogP contribution in [0.4, 0.5) is 4.39 Å². The van der Waals surface area contributed by atoms with Crippen LogP contribution < -0.4 is 5.73 Å². The summed E-state index contributed by atoms with van der Waals surface area (Å²) in [6.07, 6.45) is 5.10. The van der Waals surface area contributed by atoms with Crippen molar-refractivity contribution in [2.45, 2.75) is 31.5 Å². The Hall–Kier alpha value is -2.28. The summed E-state index contributed by atoms with van der Waals surface area (Å²) >= 11 is 0. The van der Waals surface area contributed by atoms with E-state index in [1.54, 1.807) is 23.1 Å². The Bertz CT molecular complexity index is 628. The quantitative estimate of drug-likeness (QED) is 0.897. The number of nitrogens with zero attached hydrogens (tertiary/aromatic N) is 4. The molecule has 0 unspecified atom stereocenters. The van der Waals surface area contributed by atoms with E-state index in [9.17, 15) is 9.18 Å². The Kier molecular flexibility index (Phi) is 4.15. The van der Waals surface area contributed by atoms with Crippen molar-refractivity contribution in [3.63, 3.8) is 0 Å². The highest BCUT2D eigenvalue weighted by Crippen LogP contribution is 2.30. The van der Waals surface area contributed by atoms with E-state index in [0.29, 0.717) is 6.54 Å². The van der Waals surface area contributed by atoms with Gasteiger partial charge in [-0.15, -0.1) is 0 Å². The molecule has 0 radical (unpaired) electrons. The van der Waals surface area contributed by atoms with Crippen molar-refractivity contribution in [1.82, 2.24) is 19.7 Å². The van der Waals surface area contributed by atoms with Crippen molar-refractivity contribution in [2.24, 2.45) is 5.73 Å². The van der Waals surface area contributed by atoms with Crippen LogP contribution in [0.25, 0.3) is 0 Å². The van der Waals surface area contributed by atoms with E-state index in [2.05, 4.69) is 15.0 Å². The number of carbonyl (C=O) groups excluding carboxylic acids is 1. The van der Waals surface area contributed by atoms with Crippen molar-refractivity contribution in [3.05, 3.63) is 48.3 Å². The highest BCUT2D eigenvalue weighted by atomic mass is 19.1. The molecule has 0 spiro atoms. The zero-order valence-corrected chi connectivity index (χ0v) is 12.1. The minimum atomic E-state index is -0.545. The van der Waals surface area contributed by atoms with Gasteiger partial charge < -0.3 is 5.73 Å². The standard InChI is InChI=1S/C15H18FN5O/c16-12-5-3-11(4-6-12)14(15(17)22)21-7-1-2-13(21)8-20-10-18-9-19-20/h3-6,9-10,13-14H,1-2,7-8H2,(H2,17,22)/t13-,14+/m1/s1. The lowest BCUT2D eigenvalue weighted by Crippen LogP contribution is -2.42. The van der Waals surface area contributed by atoms with Gasteiger partial charge in [0.05, 0.1) is 6.54 Å². The van der Waals surface area contributed by atoms with Crippen LogP contribution >= 0.6 is 0 Å². The lowest BCUT2D eigenvalue weighted by atomic mass is 10.0. The maximum absolute atomic E-state index is 13.1. The van der Waals surface area contributed by atoms with E-state index in [-0.39, 0.29) is 11.9 Å². The molecule has 1 fully saturated rings. The molecular weight excluding hydrogens is 285 g/mol. The van der Waals surface area contributed by atoms with Crippen LogP contribution in [-0.4, -0.2) is 38.2 Å². The molecule has 1 aliphatic rings. The molecule has 0 bridgehead atoms. The maximum atomic E-state index is 13.1. The van der Waals surface area contributed by atoms with Crippen molar-refractivity contribution in [2.75, 3.05) is 6.54 Å². The molecule has 1 saturated heterocycles. The second kappa shape index (κ2) is 6.23. The molecule has 0 saturated carbocycles. The molecule has 2 aromatic rings. The topological polar surface area (TPSA) is 77.0 Å². The fourth-order valence-corrected chi connectivity index (χ4v) is 3.10. The van der Waals surface area contributed by atoms with E-state index in [4.69, 9.17) is 5.73 Å². The van der Waals surface area contributed by atoms with Gasteiger partial charge in [-0.1, -0.05) is 12.1 Å². The molecule has 6 nitrogen and oxygen atoms in total. The largest absolute Gasteiger partial charge is 0.368 e. The molecule has 1 amide bonds. The molecule has 2 heterocycles. The molecule has 1 aliphatic heterocycles. The predicted molar refractivity (Wildman–Crippen MR) is 78.1 cm³/mol. The first-order valence-corrected chi connectivity index (χ1v) is 7.28. The number of likely N-dealkylation sites (tertiary alicyclic amines) is 1. The molecule has 1 aromatic carbocycles. The number of benzene rings is 1. The summed E-state index contributed by atoms with van der Waals surface area (Å²) in [4.78, 5) is 18.0. The summed E-state index contributed by atoms with van der Waals surface area (Å²) in [6.45, 7) is 1.44. The average Bonchev–Trinajstić information content (AvgIpc) is 3.14. The van der Waals surface area contributed by atoms with E-state index >= 15 is 0 Å². The number of halogens is 1. The van der Waals surface area contributed by atoms with Gasteiger partial charge in [0.1, 0.15) is 24.5 Å². The summed E-state index contributed by atoms with van der Waals surface area (Å²) in [6, 6.07) is 5.56. The summed E-state index contributed by atoms with van der Waals surface area (Å²) < 4.78 is 14.9. The van der Waals surface area contributed by atoms with Gasteiger partial charge in [-0.2, -0.15) is 5.10 Å².